The monoisotopic (exact) mass is 207 g/mol. The zero-order valence-corrected chi connectivity index (χ0v) is 10.0. The van der Waals surface area contributed by atoms with Gasteiger partial charge in [-0.2, -0.15) is 0 Å². The van der Waals surface area contributed by atoms with Crippen molar-refractivity contribution in [3.05, 3.63) is 12.2 Å². The SMILES string of the molecule is CCCC1CCC(NC2CC=CC2)CC1. The second kappa shape index (κ2) is 5.69. The van der Waals surface area contributed by atoms with Crippen LogP contribution in [0.1, 0.15) is 58.3 Å². The maximum atomic E-state index is 3.82. The molecule has 1 N–H and O–H groups in total. The van der Waals surface area contributed by atoms with E-state index in [4.69, 9.17) is 0 Å². The molecule has 1 saturated carbocycles. The first-order valence-corrected chi connectivity index (χ1v) is 6.79. The third-order valence-electron chi connectivity index (χ3n) is 4.02. The maximum Gasteiger partial charge on any atom is 0.0139 e. The zero-order chi connectivity index (χ0) is 10.5. The average Bonchev–Trinajstić information content (AvgIpc) is 2.74. The largest absolute Gasteiger partial charge is 0.311 e. The van der Waals surface area contributed by atoms with E-state index in [1.165, 1.54) is 51.4 Å². The predicted molar refractivity (Wildman–Crippen MR) is 66.0 cm³/mol. The van der Waals surface area contributed by atoms with Gasteiger partial charge < -0.3 is 5.32 Å². The average molecular weight is 207 g/mol. The first-order chi connectivity index (χ1) is 7.38. The highest BCUT2D eigenvalue weighted by molar-refractivity contribution is 4.98. The maximum absolute atomic E-state index is 3.82. The van der Waals surface area contributed by atoms with Gasteiger partial charge in [-0.25, -0.2) is 0 Å². The van der Waals surface area contributed by atoms with Crippen LogP contribution >= 0.6 is 0 Å². The summed E-state index contributed by atoms with van der Waals surface area (Å²) >= 11 is 0. The summed E-state index contributed by atoms with van der Waals surface area (Å²) < 4.78 is 0. The van der Waals surface area contributed by atoms with Crippen LogP contribution in [0, 0.1) is 5.92 Å². The molecular weight excluding hydrogens is 182 g/mol. The Morgan fingerprint density at radius 1 is 1.00 bits per heavy atom. The van der Waals surface area contributed by atoms with E-state index in [0.717, 1.165) is 18.0 Å². The first-order valence-electron chi connectivity index (χ1n) is 6.79. The van der Waals surface area contributed by atoms with Gasteiger partial charge in [-0.15, -0.1) is 0 Å². The Kier molecular flexibility index (Phi) is 4.25. The van der Waals surface area contributed by atoms with Gasteiger partial charge in [-0.1, -0.05) is 31.9 Å². The van der Waals surface area contributed by atoms with Crippen molar-refractivity contribution < 1.29 is 0 Å². The smallest absolute Gasteiger partial charge is 0.0139 e. The summed E-state index contributed by atoms with van der Waals surface area (Å²) in [7, 11) is 0. The Morgan fingerprint density at radius 3 is 2.27 bits per heavy atom. The lowest BCUT2D eigenvalue weighted by molar-refractivity contribution is 0.264. The van der Waals surface area contributed by atoms with E-state index in [2.05, 4.69) is 24.4 Å². The molecule has 1 heteroatoms. The van der Waals surface area contributed by atoms with E-state index >= 15 is 0 Å². The highest BCUT2D eigenvalue weighted by atomic mass is 15.0. The van der Waals surface area contributed by atoms with Crippen LogP contribution in [-0.4, -0.2) is 12.1 Å². The van der Waals surface area contributed by atoms with Crippen LogP contribution in [0.2, 0.25) is 0 Å². The normalized spacial score (nSPS) is 32.3. The molecule has 0 aromatic carbocycles. The van der Waals surface area contributed by atoms with E-state index in [1.54, 1.807) is 0 Å². The topological polar surface area (TPSA) is 12.0 Å². The van der Waals surface area contributed by atoms with Crippen molar-refractivity contribution in [2.45, 2.75) is 70.4 Å². The minimum Gasteiger partial charge on any atom is -0.311 e. The quantitative estimate of drug-likeness (QED) is 0.694. The van der Waals surface area contributed by atoms with Crippen molar-refractivity contribution in [1.82, 2.24) is 5.32 Å². The summed E-state index contributed by atoms with van der Waals surface area (Å²) in [6, 6.07) is 1.58. The molecule has 0 unspecified atom stereocenters. The summed E-state index contributed by atoms with van der Waals surface area (Å²) in [5.74, 6) is 1.04. The van der Waals surface area contributed by atoms with E-state index in [1.807, 2.05) is 0 Å². The van der Waals surface area contributed by atoms with Crippen molar-refractivity contribution in [2.24, 2.45) is 5.92 Å². The zero-order valence-electron chi connectivity index (χ0n) is 10.0. The molecule has 15 heavy (non-hydrogen) atoms. The Bertz CT molecular complexity index is 193. The van der Waals surface area contributed by atoms with Gasteiger partial charge in [0.1, 0.15) is 0 Å². The van der Waals surface area contributed by atoms with E-state index in [9.17, 15) is 0 Å². The van der Waals surface area contributed by atoms with Crippen LogP contribution in [-0.2, 0) is 0 Å². The van der Waals surface area contributed by atoms with Crippen LogP contribution in [0.5, 0.6) is 0 Å². The van der Waals surface area contributed by atoms with Gasteiger partial charge in [-0.05, 0) is 44.4 Å². The molecule has 0 radical (unpaired) electrons. The van der Waals surface area contributed by atoms with Crippen LogP contribution in [0.4, 0.5) is 0 Å². The van der Waals surface area contributed by atoms with Crippen LogP contribution in [0.25, 0.3) is 0 Å². The van der Waals surface area contributed by atoms with Crippen LogP contribution in [0.3, 0.4) is 0 Å². The van der Waals surface area contributed by atoms with Gasteiger partial charge in [0.15, 0.2) is 0 Å². The first kappa shape index (κ1) is 11.2. The molecule has 0 aliphatic heterocycles. The van der Waals surface area contributed by atoms with Crippen LogP contribution < -0.4 is 5.32 Å². The molecule has 2 aliphatic carbocycles. The third-order valence-corrected chi connectivity index (χ3v) is 4.02. The number of nitrogens with one attached hydrogen (secondary N) is 1. The van der Waals surface area contributed by atoms with Crippen molar-refractivity contribution in [3.8, 4) is 0 Å². The summed E-state index contributed by atoms with van der Waals surface area (Å²) in [5, 5.41) is 3.82. The standard InChI is InChI=1S/C14H25N/c1-2-5-12-8-10-14(11-9-12)15-13-6-3-4-7-13/h3-4,12-15H,2,5-11H2,1H3. The highest BCUT2D eigenvalue weighted by Crippen LogP contribution is 2.28. The number of hydrogen-bond acceptors (Lipinski definition) is 1. The lowest BCUT2D eigenvalue weighted by atomic mass is 9.83. The fourth-order valence-corrected chi connectivity index (χ4v) is 3.11. The second-order valence-electron chi connectivity index (χ2n) is 5.31. The second-order valence-corrected chi connectivity index (χ2v) is 5.31. The Labute approximate surface area is 94.3 Å². The molecule has 0 spiro atoms. The molecule has 0 aromatic heterocycles. The molecule has 0 amide bonds. The fraction of sp³-hybridized carbons (Fsp3) is 0.857. The molecule has 2 rings (SSSR count). The van der Waals surface area contributed by atoms with Gasteiger partial charge in [-0.3, -0.25) is 0 Å². The van der Waals surface area contributed by atoms with Crippen molar-refractivity contribution in [3.63, 3.8) is 0 Å². The number of hydrogen-bond donors (Lipinski definition) is 1. The molecule has 2 aliphatic rings. The lowest BCUT2D eigenvalue weighted by Gasteiger charge is -2.31. The number of rotatable bonds is 4. The molecule has 0 aromatic rings. The van der Waals surface area contributed by atoms with Gasteiger partial charge in [0, 0.05) is 12.1 Å². The third kappa shape index (κ3) is 3.34. The molecule has 0 saturated heterocycles. The van der Waals surface area contributed by atoms with E-state index in [0.29, 0.717) is 0 Å². The predicted octanol–water partition coefficient (Wildman–Crippen LogP) is 3.65. The molecule has 86 valence electrons. The molecular formula is C14H25N. The Balaban J connectivity index is 1.64. The molecule has 0 atom stereocenters. The summed E-state index contributed by atoms with van der Waals surface area (Å²) in [6.45, 7) is 2.31. The van der Waals surface area contributed by atoms with Gasteiger partial charge >= 0.3 is 0 Å². The van der Waals surface area contributed by atoms with Gasteiger partial charge in [0.25, 0.3) is 0 Å². The summed E-state index contributed by atoms with van der Waals surface area (Å²) in [4.78, 5) is 0. The van der Waals surface area contributed by atoms with E-state index in [-0.39, 0.29) is 0 Å². The minimum atomic E-state index is 0.762. The van der Waals surface area contributed by atoms with E-state index < -0.39 is 0 Å². The highest BCUT2D eigenvalue weighted by Gasteiger charge is 2.22. The van der Waals surface area contributed by atoms with Crippen LogP contribution in [0.15, 0.2) is 12.2 Å². The molecule has 1 fully saturated rings. The Morgan fingerprint density at radius 2 is 1.67 bits per heavy atom. The Hall–Kier alpha value is -0.300. The van der Waals surface area contributed by atoms with Crippen molar-refractivity contribution >= 4 is 0 Å². The van der Waals surface area contributed by atoms with Crippen molar-refractivity contribution in [1.29, 1.82) is 0 Å². The van der Waals surface area contributed by atoms with Crippen molar-refractivity contribution in [2.75, 3.05) is 0 Å². The minimum absolute atomic E-state index is 0.762. The van der Waals surface area contributed by atoms with Gasteiger partial charge in [0.05, 0.1) is 0 Å². The molecule has 0 bridgehead atoms. The molecule has 1 nitrogen and oxygen atoms in total. The summed E-state index contributed by atoms with van der Waals surface area (Å²) in [6.07, 6.45) is 15.7. The summed E-state index contributed by atoms with van der Waals surface area (Å²) in [5.41, 5.74) is 0. The molecule has 0 heterocycles. The lowest BCUT2D eigenvalue weighted by Crippen LogP contribution is -2.39. The fourth-order valence-electron chi connectivity index (χ4n) is 3.11. The van der Waals surface area contributed by atoms with Gasteiger partial charge in [0.2, 0.25) is 0 Å².